The van der Waals surface area contributed by atoms with Crippen LogP contribution in [0.25, 0.3) is 0 Å². The average Bonchev–Trinajstić information content (AvgIpc) is 2.51. The summed E-state index contributed by atoms with van der Waals surface area (Å²) in [6.45, 7) is 9.31. The molecule has 0 unspecified atom stereocenters. The molecule has 1 aromatic rings. The van der Waals surface area contributed by atoms with Crippen molar-refractivity contribution >= 4 is 5.96 Å². The van der Waals surface area contributed by atoms with E-state index in [0.717, 1.165) is 37.5 Å². The van der Waals surface area contributed by atoms with Gasteiger partial charge in [-0.05, 0) is 37.5 Å². The van der Waals surface area contributed by atoms with Crippen molar-refractivity contribution in [3.8, 4) is 0 Å². The molecule has 0 saturated heterocycles. The molecule has 0 aromatic heterocycles. The molecule has 5 heteroatoms. The Morgan fingerprint density at radius 2 is 2.05 bits per heavy atom. The number of hydrogen-bond acceptors (Lipinski definition) is 2. The highest BCUT2D eigenvalue weighted by atomic mass is 19.1. The van der Waals surface area contributed by atoms with Crippen LogP contribution in [0.4, 0.5) is 4.39 Å². The molecular formula is C17H28FN3O. The fraction of sp³-hybridized carbons (Fsp3) is 0.588. The van der Waals surface area contributed by atoms with Gasteiger partial charge in [-0.1, -0.05) is 25.5 Å². The molecule has 0 spiro atoms. The van der Waals surface area contributed by atoms with Gasteiger partial charge in [0.15, 0.2) is 5.96 Å². The maximum Gasteiger partial charge on any atom is 0.191 e. The number of aliphatic imine (C=N–C) groups is 1. The van der Waals surface area contributed by atoms with Crippen LogP contribution < -0.4 is 10.6 Å². The normalized spacial score (nSPS) is 11.5. The van der Waals surface area contributed by atoms with Crippen LogP contribution in [0.5, 0.6) is 0 Å². The third-order valence-corrected chi connectivity index (χ3v) is 3.18. The van der Waals surface area contributed by atoms with E-state index in [4.69, 9.17) is 4.74 Å². The number of aryl methyl sites for hydroxylation is 1. The fourth-order valence-electron chi connectivity index (χ4n) is 1.84. The molecule has 0 fully saturated rings. The average molecular weight is 309 g/mol. The first-order valence-electron chi connectivity index (χ1n) is 8.02. The minimum atomic E-state index is -0.185. The third-order valence-electron chi connectivity index (χ3n) is 3.18. The zero-order chi connectivity index (χ0) is 16.2. The molecule has 0 bridgehead atoms. The first-order valence-corrected chi connectivity index (χ1v) is 8.02. The lowest BCUT2D eigenvalue weighted by Crippen LogP contribution is -2.39. The van der Waals surface area contributed by atoms with E-state index >= 15 is 0 Å². The van der Waals surface area contributed by atoms with Gasteiger partial charge >= 0.3 is 0 Å². The molecule has 0 heterocycles. The van der Waals surface area contributed by atoms with Gasteiger partial charge < -0.3 is 15.4 Å². The van der Waals surface area contributed by atoms with Crippen LogP contribution in [0, 0.1) is 12.7 Å². The van der Waals surface area contributed by atoms with Gasteiger partial charge in [0.1, 0.15) is 5.82 Å². The Labute approximate surface area is 133 Å². The van der Waals surface area contributed by atoms with Crippen LogP contribution in [-0.2, 0) is 11.3 Å². The molecule has 0 amide bonds. The molecule has 1 aromatic carbocycles. The van der Waals surface area contributed by atoms with Gasteiger partial charge in [0.25, 0.3) is 0 Å². The fourth-order valence-corrected chi connectivity index (χ4v) is 1.84. The van der Waals surface area contributed by atoms with Gasteiger partial charge in [0, 0.05) is 19.7 Å². The molecule has 0 aliphatic rings. The standard InChI is InChI=1S/C17H28FN3O/c1-4-6-10-22-11-9-20-17(19-5-2)21-13-15-8-7-14(3)16(18)12-15/h7-8,12H,4-6,9-11,13H2,1-3H3,(H2,19,20,21). The number of ether oxygens (including phenoxy) is 1. The lowest BCUT2D eigenvalue weighted by atomic mass is 10.1. The first kappa shape index (κ1) is 18.4. The van der Waals surface area contributed by atoms with Crippen molar-refractivity contribution in [2.75, 3.05) is 26.3 Å². The summed E-state index contributed by atoms with van der Waals surface area (Å²) in [5.41, 5.74) is 1.52. The van der Waals surface area contributed by atoms with Crippen LogP contribution in [-0.4, -0.2) is 32.3 Å². The van der Waals surface area contributed by atoms with E-state index in [1.807, 2.05) is 13.0 Å². The zero-order valence-corrected chi connectivity index (χ0v) is 13.9. The maximum atomic E-state index is 13.5. The Kier molecular flexibility index (Phi) is 9.23. The molecule has 4 nitrogen and oxygen atoms in total. The molecule has 2 N–H and O–H groups in total. The Morgan fingerprint density at radius 3 is 2.73 bits per heavy atom. The van der Waals surface area contributed by atoms with Gasteiger partial charge in [-0.2, -0.15) is 0 Å². The van der Waals surface area contributed by atoms with Crippen molar-refractivity contribution in [2.24, 2.45) is 4.99 Å². The van der Waals surface area contributed by atoms with Crippen molar-refractivity contribution in [3.05, 3.63) is 35.1 Å². The summed E-state index contributed by atoms with van der Waals surface area (Å²) < 4.78 is 19.0. The van der Waals surface area contributed by atoms with Crippen LogP contribution in [0.2, 0.25) is 0 Å². The monoisotopic (exact) mass is 309 g/mol. The van der Waals surface area contributed by atoms with Crippen molar-refractivity contribution in [1.29, 1.82) is 0 Å². The summed E-state index contributed by atoms with van der Waals surface area (Å²) in [7, 11) is 0. The molecule has 22 heavy (non-hydrogen) atoms. The highest BCUT2D eigenvalue weighted by molar-refractivity contribution is 5.79. The SMILES string of the molecule is CCCCOCCNC(=NCc1ccc(C)c(F)c1)NCC. The maximum absolute atomic E-state index is 13.5. The van der Waals surface area contributed by atoms with Gasteiger partial charge in [-0.3, -0.25) is 0 Å². The number of halogens is 1. The van der Waals surface area contributed by atoms with Crippen LogP contribution in [0.1, 0.15) is 37.8 Å². The Bertz CT molecular complexity index is 463. The highest BCUT2D eigenvalue weighted by Crippen LogP contribution is 2.09. The Hall–Kier alpha value is -1.62. The van der Waals surface area contributed by atoms with E-state index in [1.165, 1.54) is 6.07 Å². The summed E-state index contributed by atoms with van der Waals surface area (Å²) in [4.78, 5) is 4.46. The van der Waals surface area contributed by atoms with E-state index in [9.17, 15) is 4.39 Å². The third kappa shape index (κ3) is 7.41. The zero-order valence-electron chi connectivity index (χ0n) is 13.9. The van der Waals surface area contributed by atoms with E-state index in [1.54, 1.807) is 13.0 Å². The second-order valence-electron chi connectivity index (χ2n) is 5.17. The summed E-state index contributed by atoms with van der Waals surface area (Å²) in [5, 5.41) is 6.38. The number of nitrogens with zero attached hydrogens (tertiary/aromatic N) is 1. The van der Waals surface area contributed by atoms with Crippen molar-refractivity contribution in [2.45, 2.75) is 40.2 Å². The Balaban J connectivity index is 2.42. The summed E-state index contributed by atoms with van der Waals surface area (Å²) in [6, 6.07) is 5.22. The number of benzene rings is 1. The summed E-state index contributed by atoms with van der Waals surface area (Å²) in [6.07, 6.45) is 2.23. The summed E-state index contributed by atoms with van der Waals surface area (Å²) >= 11 is 0. The van der Waals surface area contributed by atoms with E-state index in [0.29, 0.717) is 25.3 Å². The number of rotatable bonds is 9. The van der Waals surface area contributed by atoms with Crippen LogP contribution >= 0.6 is 0 Å². The molecule has 0 aliphatic heterocycles. The minimum absolute atomic E-state index is 0.185. The van der Waals surface area contributed by atoms with Crippen molar-refractivity contribution in [1.82, 2.24) is 10.6 Å². The molecule has 0 atom stereocenters. The van der Waals surface area contributed by atoms with Crippen molar-refractivity contribution < 1.29 is 9.13 Å². The predicted molar refractivity (Wildman–Crippen MR) is 89.7 cm³/mol. The predicted octanol–water partition coefficient (Wildman–Crippen LogP) is 3.01. The smallest absolute Gasteiger partial charge is 0.191 e. The topological polar surface area (TPSA) is 45.6 Å². The largest absolute Gasteiger partial charge is 0.380 e. The number of unbranched alkanes of at least 4 members (excludes halogenated alkanes) is 1. The lowest BCUT2D eigenvalue weighted by molar-refractivity contribution is 0.136. The molecule has 0 saturated carbocycles. The van der Waals surface area contributed by atoms with Gasteiger partial charge in [0.2, 0.25) is 0 Å². The quantitative estimate of drug-likeness (QED) is 0.419. The highest BCUT2D eigenvalue weighted by Gasteiger charge is 2.00. The first-order chi connectivity index (χ1) is 10.7. The van der Waals surface area contributed by atoms with Gasteiger partial charge in [-0.15, -0.1) is 0 Å². The van der Waals surface area contributed by atoms with Gasteiger partial charge in [-0.25, -0.2) is 9.38 Å². The van der Waals surface area contributed by atoms with Crippen LogP contribution in [0.3, 0.4) is 0 Å². The molecule has 124 valence electrons. The second kappa shape index (κ2) is 11.0. The molecule has 0 aliphatic carbocycles. The Morgan fingerprint density at radius 1 is 1.23 bits per heavy atom. The number of hydrogen-bond donors (Lipinski definition) is 2. The molecule has 0 radical (unpaired) electrons. The summed E-state index contributed by atoms with van der Waals surface area (Å²) in [5.74, 6) is 0.539. The van der Waals surface area contributed by atoms with E-state index < -0.39 is 0 Å². The lowest BCUT2D eigenvalue weighted by Gasteiger charge is -2.11. The van der Waals surface area contributed by atoms with E-state index in [2.05, 4.69) is 22.5 Å². The minimum Gasteiger partial charge on any atom is -0.380 e. The van der Waals surface area contributed by atoms with Gasteiger partial charge in [0.05, 0.1) is 13.2 Å². The van der Waals surface area contributed by atoms with Crippen LogP contribution in [0.15, 0.2) is 23.2 Å². The molecule has 1 rings (SSSR count). The van der Waals surface area contributed by atoms with Crippen molar-refractivity contribution in [3.63, 3.8) is 0 Å². The van der Waals surface area contributed by atoms with E-state index in [-0.39, 0.29) is 5.82 Å². The number of nitrogens with one attached hydrogen (secondary N) is 2. The molecular weight excluding hydrogens is 281 g/mol. The second-order valence-corrected chi connectivity index (χ2v) is 5.17. The number of guanidine groups is 1.